The number of guanidine groups is 1. The van der Waals surface area contributed by atoms with Crippen LogP contribution >= 0.6 is 24.0 Å². The molecule has 0 radical (unpaired) electrons. The smallest absolute Gasteiger partial charge is 0.191 e. The largest absolute Gasteiger partial charge is 0.492 e. The first-order chi connectivity index (χ1) is 13.7. The van der Waals surface area contributed by atoms with Crippen molar-refractivity contribution in [1.82, 2.24) is 10.6 Å². The van der Waals surface area contributed by atoms with Crippen LogP contribution in [0.25, 0.3) is 0 Å². The van der Waals surface area contributed by atoms with Gasteiger partial charge in [0.05, 0.1) is 13.2 Å². The molecule has 2 aromatic carbocycles. The first kappa shape index (κ1) is 23.2. The van der Waals surface area contributed by atoms with E-state index in [1.807, 2.05) is 31.2 Å². The number of aryl methyl sites for hydroxylation is 1. The first-order valence-electron chi connectivity index (χ1n) is 9.31. The van der Waals surface area contributed by atoms with Gasteiger partial charge in [-0.05, 0) is 43.2 Å². The minimum atomic E-state index is -0.279. The number of nitrogens with one attached hydrogen (secondary N) is 2. The van der Waals surface area contributed by atoms with E-state index in [2.05, 4.69) is 15.6 Å². The number of nitrogens with zero attached hydrogens (tertiary/aromatic N) is 1. The zero-order valence-corrected chi connectivity index (χ0v) is 19.0. The first-order valence-corrected chi connectivity index (χ1v) is 9.31. The van der Waals surface area contributed by atoms with Crippen LogP contribution in [0.5, 0.6) is 11.5 Å². The molecule has 6 nitrogen and oxygen atoms in total. The molecule has 0 atom stereocenters. The van der Waals surface area contributed by atoms with E-state index in [-0.39, 0.29) is 36.6 Å². The van der Waals surface area contributed by atoms with E-state index >= 15 is 0 Å². The van der Waals surface area contributed by atoms with Gasteiger partial charge in [-0.1, -0.05) is 17.7 Å². The molecule has 0 bridgehead atoms. The van der Waals surface area contributed by atoms with Crippen molar-refractivity contribution in [3.63, 3.8) is 0 Å². The van der Waals surface area contributed by atoms with Crippen LogP contribution in [0.4, 0.5) is 4.39 Å². The fourth-order valence-electron chi connectivity index (χ4n) is 2.95. The van der Waals surface area contributed by atoms with E-state index in [9.17, 15) is 4.39 Å². The van der Waals surface area contributed by atoms with Crippen molar-refractivity contribution in [1.29, 1.82) is 0 Å². The molecule has 29 heavy (non-hydrogen) atoms. The molecule has 0 spiro atoms. The van der Waals surface area contributed by atoms with E-state index < -0.39 is 0 Å². The van der Waals surface area contributed by atoms with Crippen molar-refractivity contribution in [3.8, 4) is 11.5 Å². The Labute approximate surface area is 187 Å². The maximum atomic E-state index is 13.8. The topological polar surface area (TPSA) is 64.1 Å². The summed E-state index contributed by atoms with van der Waals surface area (Å²) in [5.41, 5.74) is 2.77. The summed E-state index contributed by atoms with van der Waals surface area (Å²) >= 11 is 0. The predicted molar refractivity (Wildman–Crippen MR) is 122 cm³/mol. The lowest BCUT2D eigenvalue weighted by atomic mass is 10.1. The van der Waals surface area contributed by atoms with Gasteiger partial charge in [-0.2, -0.15) is 0 Å². The number of aliphatic imine (C=N–C) groups is 1. The lowest BCUT2D eigenvalue weighted by molar-refractivity contribution is -0.0172. The average Bonchev–Trinajstić information content (AvgIpc) is 2.71. The molecule has 0 fully saturated rings. The zero-order valence-electron chi connectivity index (χ0n) is 16.7. The van der Waals surface area contributed by atoms with Gasteiger partial charge in [-0.3, -0.25) is 4.99 Å². The van der Waals surface area contributed by atoms with Crippen LogP contribution in [0, 0.1) is 12.7 Å². The van der Waals surface area contributed by atoms with Gasteiger partial charge in [-0.25, -0.2) is 4.39 Å². The molecule has 0 saturated heterocycles. The molecule has 1 aliphatic rings. The van der Waals surface area contributed by atoms with Crippen LogP contribution in [0.1, 0.15) is 16.7 Å². The summed E-state index contributed by atoms with van der Waals surface area (Å²) in [6, 6.07) is 10.9. The highest BCUT2D eigenvalue weighted by molar-refractivity contribution is 14.0. The van der Waals surface area contributed by atoms with Crippen molar-refractivity contribution in [2.45, 2.75) is 20.0 Å². The molecule has 2 aromatic rings. The second-order valence-electron chi connectivity index (χ2n) is 6.50. The minimum Gasteiger partial charge on any atom is -0.492 e. The molecule has 2 N–H and O–H groups in total. The summed E-state index contributed by atoms with van der Waals surface area (Å²) in [7, 11) is 1.71. The van der Waals surface area contributed by atoms with Crippen molar-refractivity contribution in [2.24, 2.45) is 4.99 Å². The van der Waals surface area contributed by atoms with Crippen LogP contribution in [-0.2, 0) is 17.8 Å². The Bertz CT molecular complexity index is 816. The van der Waals surface area contributed by atoms with Gasteiger partial charge in [0, 0.05) is 19.2 Å². The highest BCUT2D eigenvalue weighted by Gasteiger charge is 2.16. The highest BCUT2D eigenvalue weighted by Crippen LogP contribution is 2.29. The third-order valence-corrected chi connectivity index (χ3v) is 4.35. The molecular weight excluding hydrogens is 488 g/mol. The molecule has 3 rings (SSSR count). The SMILES string of the molecule is CN=C(NCCOc1ccc(C)cc1)NCCc1cc(F)cc2c1OCOC2.I. The van der Waals surface area contributed by atoms with Crippen LogP contribution in [0.3, 0.4) is 0 Å². The Hall–Kier alpha value is -2.07. The van der Waals surface area contributed by atoms with Gasteiger partial charge in [0.2, 0.25) is 0 Å². The zero-order chi connectivity index (χ0) is 19.8. The standard InChI is InChI=1S/C21H26FN3O3.HI/c1-15-3-5-19(6-4-15)27-10-9-25-21(23-2)24-8-7-16-11-18(22)12-17-13-26-14-28-20(16)17;/h3-6,11-12H,7-10,13-14H2,1-2H3,(H2,23,24,25);1H. The summed E-state index contributed by atoms with van der Waals surface area (Å²) in [6.45, 7) is 4.35. The number of hydrogen-bond acceptors (Lipinski definition) is 4. The number of ether oxygens (including phenoxy) is 3. The van der Waals surface area contributed by atoms with Crippen molar-refractivity contribution in [3.05, 3.63) is 58.9 Å². The van der Waals surface area contributed by atoms with Gasteiger partial charge < -0.3 is 24.8 Å². The van der Waals surface area contributed by atoms with Crippen LogP contribution < -0.4 is 20.1 Å². The molecule has 8 heteroatoms. The number of benzene rings is 2. The molecule has 158 valence electrons. The lowest BCUT2D eigenvalue weighted by Gasteiger charge is -2.21. The van der Waals surface area contributed by atoms with Gasteiger partial charge >= 0.3 is 0 Å². The van der Waals surface area contributed by atoms with Gasteiger partial charge in [0.15, 0.2) is 12.8 Å². The van der Waals surface area contributed by atoms with E-state index in [0.29, 0.717) is 38.7 Å². The predicted octanol–water partition coefficient (Wildman–Crippen LogP) is 3.41. The molecule has 0 amide bonds. The number of rotatable bonds is 7. The van der Waals surface area contributed by atoms with Crippen LogP contribution in [0.15, 0.2) is 41.4 Å². The monoisotopic (exact) mass is 515 g/mol. The molecular formula is C21H27FIN3O3. The molecule has 0 unspecified atom stereocenters. The fourth-order valence-corrected chi connectivity index (χ4v) is 2.95. The average molecular weight is 515 g/mol. The third kappa shape index (κ3) is 7.04. The Morgan fingerprint density at radius 1 is 1.17 bits per heavy atom. The summed E-state index contributed by atoms with van der Waals surface area (Å²) in [4.78, 5) is 4.19. The highest BCUT2D eigenvalue weighted by atomic mass is 127. The summed E-state index contributed by atoms with van der Waals surface area (Å²) < 4.78 is 30.2. The van der Waals surface area contributed by atoms with E-state index in [0.717, 1.165) is 22.6 Å². The molecule has 0 aliphatic carbocycles. The summed E-state index contributed by atoms with van der Waals surface area (Å²) in [6.07, 6.45) is 0.612. The third-order valence-electron chi connectivity index (χ3n) is 4.35. The van der Waals surface area contributed by atoms with E-state index in [1.54, 1.807) is 7.05 Å². The summed E-state index contributed by atoms with van der Waals surface area (Å²) in [5.74, 6) is 1.96. The van der Waals surface area contributed by atoms with E-state index in [4.69, 9.17) is 14.2 Å². The molecule has 1 aliphatic heterocycles. The van der Waals surface area contributed by atoms with Gasteiger partial charge in [0.1, 0.15) is 23.9 Å². The molecule has 1 heterocycles. The van der Waals surface area contributed by atoms with Gasteiger partial charge in [-0.15, -0.1) is 24.0 Å². The maximum Gasteiger partial charge on any atom is 0.191 e. The summed E-state index contributed by atoms with van der Waals surface area (Å²) in [5, 5.41) is 6.42. The second kappa shape index (κ2) is 11.8. The Kier molecular flexibility index (Phi) is 9.46. The van der Waals surface area contributed by atoms with E-state index in [1.165, 1.54) is 17.7 Å². The van der Waals surface area contributed by atoms with Gasteiger partial charge in [0.25, 0.3) is 0 Å². The van der Waals surface area contributed by atoms with Crippen molar-refractivity contribution >= 4 is 29.9 Å². The Balaban J connectivity index is 0.00000300. The Morgan fingerprint density at radius 2 is 1.93 bits per heavy atom. The number of hydrogen-bond donors (Lipinski definition) is 2. The minimum absolute atomic E-state index is 0. The lowest BCUT2D eigenvalue weighted by Crippen LogP contribution is -2.40. The number of fused-ring (bicyclic) bond motifs is 1. The second-order valence-corrected chi connectivity index (χ2v) is 6.50. The van der Waals surface area contributed by atoms with Crippen LogP contribution in [-0.4, -0.2) is 39.5 Å². The molecule has 0 aromatic heterocycles. The quantitative estimate of drug-likeness (QED) is 0.256. The Morgan fingerprint density at radius 3 is 2.69 bits per heavy atom. The normalized spacial score (nSPS) is 13.0. The fraction of sp³-hybridized carbons (Fsp3) is 0.381. The maximum absolute atomic E-state index is 13.8. The van der Waals surface area contributed by atoms with Crippen molar-refractivity contribution in [2.75, 3.05) is 33.5 Å². The number of halogens is 2. The van der Waals surface area contributed by atoms with Crippen LogP contribution in [0.2, 0.25) is 0 Å². The molecule has 0 saturated carbocycles. The van der Waals surface area contributed by atoms with Crippen molar-refractivity contribution < 1.29 is 18.6 Å².